The second-order valence-corrected chi connectivity index (χ2v) is 8.25. The van der Waals surface area contributed by atoms with Gasteiger partial charge in [-0.1, -0.05) is 26.8 Å². The van der Waals surface area contributed by atoms with Crippen molar-refractivity contribution in [2.24, 2.45) is 0 Å². The lowest BCUT2D eigenvalue weighted by Gasteiger charge is -2.39. The molecule has 26 heavy (non-hydrogen) atoms. The third-order valence-electron chi connectivity index (χ3n) is 5.10. The number of fused-ring (bicyclic) bond motifs is 1. The van der Waals surface area contributed by atoms with E-state index in [2.05, 4.69) is 29.0 Å². The Morgan fingerprint density at radius 3 is 2.77 bits per heavy atom. The maximum absolute atomic E-state index is 12.8. The van der Waals surface area contributed by atoms with Crippen LogP contribution in [0.25, 0.3) is 5.31 Å². The zero-order valence-corrected chi connectivity index (χ0v) is 16.2. The van der Waals surface area contributed by atoms with Gasteiger partial charge in [-0.2, -0.15) is 0 Å². The fraction of sp³-hybridized carbons (Fsp3) is 0.350. The number of methoxy groups -OCH3 is 1. The number of nitrogens with zero attached hydrogens (tertiary/aromatic N) is 3. The molecule has 3 heterocycles. The van der Waals surface area contributed by atoms with E-state index in [1.54, 1.807) is 13.2 Å². The van der Waals surface area contributed by atoms with E-state index in [1.807, 2.05) is 35.4 Å². The zero-order chi connectivity index (χ0) is 18.1. The monoisotopic (exact) mass is 369 g/mol. The lowest BCUT2D eigenvalue weighted by Crippen LogP contribution is -2.45. The molecule has 0 aromatic heterocycles. The second kappa shape index (κ2) is 7.26. The Hall–Kier alpha value is -2.10. The fourth-order valence-electron chi connectivity index (χ4n) is 3.47. The molecule has 0 bridgehead atoms. The molecule has 6 heteroatoms. The first-order valence-corrected chi connectivity index (χ1v) is 10.0. The van der Waals surface area contributed by atoms with Gasteiger partial charge in [-0.15, -0.1) is 0 Å². The molecule has 0 spiro atoms. The Morgan fingerprint density at radius 2 is 2.00 bits per heavy atom. The lowest BCUT2D eigenvalue weighted by atomic mass is 10.1. The van der Waals surface area contributed by atoms with Crippen LogP contribution < -0.4 is 4.74 Å². The summed E-state index contributed by atoms with van der Waals surface area (Å²) >= 11 is 0. The van der Waals surface area contributed by atoms with Crippen molar-refractivity contribution in [3.05, 3.63) is 60.0 Å². The molecule has 0 saturated carbocycles. The number of likely N-dealkylation sites (N-methyl/N-ethyl adjacent to an activating group) is 1. The van der Waals surface area contributed by atoms with E-state index in [0.717, 1.165) is 48.5 Å². The maximum Gasteiger partial charge on any atom is 0.252 e. The van der Waals surface area contributed by atoms with Crippen LogP contribution in [0.15, 0.2) is 54.4 Å². The van der Waals surface area contributed by atoms with Gasteiger partial charge in [-0.3, -0.25) is 4.79 Å². The van der Waals surface area contributed by atoms with E-state index in [1.165, 1.54) is 0 Å². The third-order valence-corrected chi connectivity index (χ3v) is 6.61. The third kappa shape index (κ3) is 3.42. The number of rotatable bonds is 3. The van der Waals surface area contributed by atoms with E-state index < -0.39 is 0 Å². The summed E-state index contributed by atoms with van der Waals surface area (Å²) in [6.07, 6.45) is 8.17. The zero-order valence-electron chi connectivity index (χ0n) is 15.2. The van der Waals surface area contributed by atoms with Crippen molar-refractivity contribution in [2.75, 3.05) is 40.3 Å². The summed E-state index contributed by atoms with van der Waals surface area (Å²) in [7, 11) is 4.35. The predicted molar refractivity (Wildman–Crippen MR) is 106 cm³/mol. The number of piperazine rings is 1. The summed E-state index contributed by atoms with van der Waals surface area (Å²) in [6, 6.07) is 7.94. The number of allylic oxidation sites excluding steroid dienone is 1. The summed E-state index contributed by atoms with van der Waals surface area (Å²) in [5.74, 6) is 0.993. The Bertz CT molecular complexity index is 794. The largest absolute Gasteiger partial charge is 0.497 e. The predicted octanol–water partition coefficient (Wildman–Crippen LogP) is 2.54. The molecular weight excluding hydrogens is 345 g/mol. The van der Waals surface area contributed by atoms with Crippen LogP contribution in [0, 0.1) is 0 Å². The smallest absolute Gasteiger partial charge is 0.252 e. The van der Waals surface area contributed by atoms with Crippen LogP contribution in [-0.4, -0.2) is 66.7 Å². The highest BCUT2D eigenvalue weighted by Gasteiger charge is 2.30. The van der Waals surface area contributed by atoms with Gasteiger partial charge in [-0.05, 0) is 36.1 Å². The molecule has 1 amide bonds. The average Bonchev–Trinajstić information content (AvgIpc) is 2.68. The molecule has 0 radical (unpaired) electrons. The molecule has 3 aliphatic heterocycles. The molecule has 4 rings (SSSR count). The molecular formula is C20H24N3O2P. The van der Waals surface area contributed by atoms with Gasteiger partial charge in [-0.25, -0.2) is 0 Å². The minimum absolute atomic E-state index is 0.0579. The molecule has 1 aromatic rings. The van der Waals surface area contributed by atoms with Crippen LogP contribution in [0.3, 0.4) is 0 Å². The van der Waals surface area contributed by atoms with Crippen molar-refractivity contribution >= 4 is 19.8 Å². The highest BCUT2D eigenvalue weighted by Crippen LogP contribution is 2.45. The number of carbonyl (C=O) groups is 1. The van der Waals surface area contributed by atoms with Crippen LogP contribution in [0.1, 0.15) is 5.56 Å². The standard InChI is InChI=1S/C20H24N3O2P/c1-21-8-10-22(11-9-21)16-6-7-20-23(14-16)19(24)13-18(26-20)15-4-3-5-17(12-15)25-2/h3-7,12-14,20,26H,8-11H2,1-2H3. The summed E-state index contributed by atoms with van der Waals surface area (Å²) < 4.78 is 5.32. The average molecular weight is 369 g/mol. The SMILES string of the molecule is COc1cccc(C2=CC(=O)N3C=C(N4CCN(C)CC4)C=CC3P2)c1. The van der Waals surface area contributed by atoms with E-state index in [0.29, 0.717) is 8.58 Å². The van der Waals surface area contributed by atoms with Gasteiger partial charge in [0, 0.05) is 38.5 Å². The van der Waals surface area contributed by atoms with Crippen molar-refractivity contribution in [1.82, 2.24) is 14.7 Å². The fourth-order valence-corrected chi connectivity index (χ4v) is 4.86. The first kappa shape index (κ1) is 17.3. The summed E-state index contributed by atoms with van der Waals surface area (Å²) in [5, 5.41) is 1.09. The Morgan fingerprint density at radius 1 is 1.19 bits per heavy atom. The summed E-state index contributed by atoms with van der Waals surface area (Å²) in [4.78, 5) is 19.4. The minimum atomic E-state index is 0.0579. The van der Waals surface area contributed by atoms with Crippen molar-refractivity contribution in [2.45, 2.75) is 5.78 Å². The molecule has 5 nitrogen and oxygen atoms in total. The maximum atomic E-state index is 12.8. The van der Waals surface area contributed by atoms with Gasteiger partial charge < -0.3 is 19.4 Å². The molecule has 3 aliphatic rings. The Labute approximate surface area is 156 Å². The number of benzene rings is 1. The molecule has 2 atom stereocenters. The minimum Gasteiger partial charge on any atom is -0.497 e. The van der Waals surface area contributed by atoms with Crippen LogP contribution >= 0.6 is 8.58 Å². The number of hydrogen-bond donors (Lipinski definition) is 0. The number of ether oxygens (including phenoxy) is 1. The van der Waals surface area contributed by atoms with Crippen LogP contribution in [-0.2, 0) is 4.79 Å². The van der Waals surface area contributed by atoms with E-state index >= 15 is 0 Å². The highest BCUT2D eigenvalue weighted by atomic mass is 31.1. The Kier molecular flexibility index (Phi) is 4.84. The summed E-state index contributed by atoms with van der Waals surface area (Å²) in [6.45, 7) is 4.13. The first-order valence-electron chi connectivity index (χ1n) is 8.92. The molecule has 1 saturated heterocycles. The van der Waals surface area contributed by atoms with E-state index in [4.69, 9.17) is 4.74 Å². The molecule has 2 unspecified atom stereocenters. The van der Waals surface area contributed by atoms with Crippen molar-refractivity contribution in [3.8, 4) is 5.75 Å². The van der Waals surface area contributed by atoms with Gasteiger partial charge in [0.1, 0.15) is 5.75 Å². The van der Waals surface area contributed by atoms with Crippen molar-refractivity contribution in [3.63, 3.8) is 0 Å². The van der Waals surface area contributed by atoms with Crippen molar-refractivity contribution in [1.29, 1.82) is 0 Å². The quantitative estimate of drug-likeness (QED) is 0.768. The molecule has 1 aromatic carbocycles. The van der Waals surface area contributed by atoms with Gasteiger partial charge in [0.2, 0.25) is 0 Å². The van der Waals surface area contributed by atoms with E-state index in [-0.39, 0.29) is 11.7 Å². The molecule has 0 N–H and O–H groups in total. The van der Waals surface area contributed by atoms with Gasteiger partial charge in [0.25, 0.3) is 5.91 Å². The number of carbonyl (C=O) groups excluding carboxylic acids is 1. The Balaban J connectivity index is 1.54. The molecule has 1 fully saturated rings. The van der Waals surface area contributed by atoms with Crippen LogP contribution in [0.2, 0.25) is 0 Å². The topological polar surface area (TPSA) is 36.0 Å². The second-order valence-electron chi connectivity index (χ2n) is 6.83. The van der Waals surface area contributed by atoms with Crippen LogP contribution in [0.5, 0.6) is 5.75 Å². The highest BCUT2D eigenvalue weighted by molar-refractivity contribution is 7.51. The molecule has 136 valence electrons. The number of hydrogen-bond acceptors (Lipinski definition) is 4. The van der Waals surface area contributed by atoms with Crippen LogP contribution in [0.4, 0.5) is 0 Å². The van der Waals surface area contributed by atoms with Gasteiger partial charge in [0.05, 0.1) is 18.6 Å². The van der Waals surface area contributed by atoms with Gasteiger partial charge >= 0.3 is 0 Å². The first-order chi connectivity index (χ1) is 12.6. The van der Waals surface area contributed by atoms with Gasteiger partial charge in [0.15, 0.2) is 0 Å². The van der Waals surface area contributed by atoms with E-state index in [9.17, 15) is 4.79 Å². The lowest BCUT2D eigenvalue weighted by molar-refractivity contribution is -0.123. The van der Waals surface area contributed by atoms with Crippen molar-refractivity contribution < 1.29 is 9.53 Å². The normalized spacial score (nSPS) is 24.4. The summed E-state index contributed by atoms with van der Waals surface area (Å²) in [5.41, 5.74) is 2.21. The number of amides is 1. The molecule has 0 aliphatic carbocycles.